The highest BCUT2D eigenvalue weighted by atomic mass is 79.9. The van der Waals surface area contributed by atoms with E-state index in [1.165, 1.54) is 21.5 Å². The maximum atomic E-state index is 6.30. The minimum Gasteiger partial charge on any atom is -0.399 e. The van der Waals surface area contributed by atoms with E-state index in [1.54, 1.807) is 0 Å². The summed E-state index contributed by atoms with van der Waals surface area (Å²) < 4.78 is 13.7. The summed E-state index contributed by atoms with van der Waals surface area (Å²) in [7, 11) is -0.354. The van der Waals surface area contributed by atoms with Crippen LogP contribution < -0.4 is 5.46 Å². The molecule has 4 rings (SSSR count). The maximum Gasteiger partial charge on any atom is 0.495 e. The highest BCUT2D eigenvalue weighted by Crippen LogP contribution is 2.37. The molecule has 0 saturated carbocycles. The fourth-order valence-corrected chi connectivity index (χ4v) is 3.63. The van der Waals surface area contributed by atoms with Crippen molar-refractivity contribution < 1.29 is 9.31 Å². The number of hydrogen-bond donors (Lipinski definition) is 0. The average Bonchev–Trinajstić information content (AvgIpc) is 2.74. The monoisotopic (exact) mass is 382 g/mol. The summed E-state index contributed by atoms with van der Waals surface area (Å²) >= 11 is 3.58. The second kappa shape index (κ2) is 5.32. The van der Waals surface area contributed by atoms with E-state index in [-0.39, 0.29) is 18.3 Å². The Labute approximate surface area is 151 Å². The van der Waals surface area contributed by atoms with E-state index >= 15 is 0 Å². The van der Waals surface area contributed by atoms with Gasteiger partial charge in [-0.1, -0.05) is 52.3 Å². The Morgan fingerprint density at radius 1 is 0.792 bits per heavy atom. The molecule has 0 radical (unpaired) electrons. The molecule has 1 heterocycles. The van der Waals surface area contributed by atoms with Gasteiger partial charge in [0.25, 0.3) is 0 Å². The molecule has 0 unspecified atom stereocenters. The van der Waals surface area contributed by atoms with Gasteiger partial charge in [-0.3, -0.25) is 0 Å². The van der Waals surface area contributed by atoms with Gasteiger partial charge in [0.1, 0.15) is 0 Å². The molecule has 24 heavy (non-hydrogen) atoms. The van der Waals surface area contributed by atoms with Gasteiger partial charge in [-0.25, -0.2) is 0 Å². The Morgan fingerprint density at radius 3 is 2.08 bits per heavy atom. The quantitative estimate of drug-likeness (QED) is 0.432. The highest BCUT2D eigenvalue weighted by molar-refractivity contribution is 9.10. The Hall–Kier alpha value is -1.36. The molecule has 0 bridgehead atoms. The van der Waals surface area contributed by atoms with Crippen LogP contribution in [0.5, 0.6) is 0 Å². The van der Waals surface area contributed by atoms with Gasteiger partial charge < -0.3 is 9.31 Å². The summed E-state index contributed by atoms with van der Waals surface area (Å²) in [6.07, 6.45) is 0. The summed E-state index contributed by atoms with van der Waals surface area (Å²) in [5, 5.41) is 4.84. The predicted octanol–water partition coefficient (Wildman–Crippen LogP) is 5.05. The van der Waals surface area contributed by atoms with Crippen molar-refractivity contribution in [3.63, 3.8) is 0 Å². The third-order valence-corrected chi connectivity index (χ3v) is 5.86. The minimum absolute atomic E-state index is 0.340. The van der Waals surface area contributed by atoms with Gasteiger partial charge in [0.05, 0.1) is 11.2 Å². The zero-order valence-electron chi connectivity index (χ0n) is 14.4. The van der Waals surface area contributed by atoms with Crippen molar-refractivity contribution in [1.82, 2.24) is 0 Å². The highest BCUT2D eigenvalue weighted by Gasteiger charge is 2.52. The molecule has 3 aromatic rings. The van der Waals surface area contributed by atoms with E-state index in [2.05, 4.69) is 92.2 Å². The molecule has 0 amide bonds. The first kappa shape index (κ1) is 16.1. The van der Waals surface area contributed by atoms with Crippen molar-refractivity contribution in [3.8, 4) is 0 Å². The van der Waals surface area contributed by atoms with E-state index in [0.717, 1.165) is 9.94 Å². The van der Waals surface area contributed by atoms with Crippen molar-refractivity contribution in [1.29, 1.82) is 0 Å². The van der Waals surface area contributed by atoms with Crippen molar-refractivity contribution in [3.05, 3.63) is 53.0 Å². The van der Waals surface area contributed by atoms with Crippen LogP contribution in [-0.2, 0) is 9.31 Å². The molecule has 1 aliphatic heterocycles. The van der Waals surface area contributed by atoms with E-state index in [9.17, 15) is 0 Å². The standard InChI is InChI=1S/C20H20BBrO2/c1-19(2)20(3,4)24-21(23-19)18-11-13-9-10-14(22)12-17(13)15-7-5-6-8-16(15)18/h5-12H,1-4H3. The number of rotatable bonds is 1. The van der Waals surface area contributed by atoms with Gasteiger partial charge in [0.2, 0.25) is 0 Å². The zero-order chi connectivity index (χ0) is 17.1. The normalized spacial score (nSPS) is 19.3. The number of halogens is 1. The van der Waals surface area contributed by atoms with E-state index in [4.69, 9.17) is 9.31 Å². The first-order valence-electron chi connectivity index (χ1n) is 8.25. The van der Waals surface area contributed by atoms with Gasteiger partial charge >= 0.3 is 7.12 Å². The number of hydrogen-bond acceptors (Lipinski definition) is 2. The Balaban J connectivity index is 1.97. The van der Waals surface area contributed by atoms with Gasteiger partial charge in [0.15, 0.2) is 0 Å². The molecular weight excluding hydrogens is 363 g/mol. The molecule has 2 nitrogen and oxygen atoms in total. The predicted molar refractivity (Wildman–Crippen MR) is 105 cm³/mol. The number of fused-ring (bicyclic) bond motifs is 3. The van der Waals surface area contributed by atoms with Crippen LogP contribution in [0.15, 0.2) is 53.0 Å². The Bertz CT molecular complexity index is 933. The Kier molecular flexibility index (Phi) is 3.58. The Morgan fingerprint density at radius 2 is 1.42 bits per heavy atom. The third kappa shape index (κ3) is 2.40. The van der Waals surface area contributed by atoms with Crippen LogP contribution in [0.1, 0.15) is 27.7 Å². The van der Waals surface area contributed by atoms with Crippen LogP contribution in [0.2, 0.25) is 0 Å². The van der Waals surface area contributed by atoms with Gasteiger partial charge in [-0.05, 0) is 66.8 Å². The minimum atomic E-state index is -0.354. The molecule has 1 aliphatic rings. The van der Waals surface area contributed by atoms with Crippen LogP contribution >= 0.6 is 15.9 Å². The lowest BCUT2D eigenvalue weighted by molar-refractivity contribution is 0.00578. The molecule has 3 aromatic carbocycles. The topological polar surface area (TPSA) is 18.5 Å². The molecular formula is C20H20BBrO2. The third-order valence-electron chi connectivity index (χ3n) is 5.36. The summed E-state index contributed by atoms with van der Waals surface area (Å²) in [6.45, 7) is 8.36. The largest absolute Gasteiger partial charge is 0.495 e. The molecule has 0 spiro atoms. The summed E-state index contributed by atoms with van der Waals surface area (Å²) in [5.41, 5.74) is 0.417. The summed E-state index contributed by atoms with van der Waals surface area (Å²) in [5.74, 6) is 0. The summed E-state index contributed by atoms with van der Waals surface area (Å²) in [4.78, 5) is 0. The molecule has 0 aromatic heterocycles. The van der Waals surface area contributed by atoms with E-state index in [0.29, 0.717) is 0 Å². The lowest BCUT2D eigenvalue weighted by atomic mass is 9.75. The van der Waals surface area contributed by atoms with Crippen molar-refractivity contribution >= 4 is 50.1 Å². The van der Waals surface area contributed by atoms with Gasteiger partial charge in [-0.2, -0.15) is 0 Å². The molecule has 1 saturated heterocycles. The SMILES string of the molecule is CC1(C)OB(c2cc3ccc(Br)cc3c3ccccc23)OC1(C)C. The van der Waals surface area contributed by atoms with Crippen molar-refractivity contribution in [2.45, 2.75) is 38.9 Å². The van der Waals surface area contributed by atoms with E-state index < -0.39 is 0 Å². The molecule has 4 heteroatoms. The lowest BCUT2D eigenvalue weighted by Gasteiger charge is -2.32. The van der Waals surface area contributed by atoms with Crippen LogP contribution in [-0.4, -0.2) is 18.3 Å². The molecule has 0 N–H and O–H groups in total. The van der Waals surface area contributed by atoms with Gasteiger partial charge in [0, 0.05) is 4.47 Å². The first-order chi connectivity index (χ1) is 11.3. The smallest absolute Gasteiger partial charge is 0.399 e. The van der Waals surface area contributed by atoms with Crippen LogP contribution in [0.3, 0.4) is 0 Å². The van der Waals surface area contributed by atoms with Crippen molar-refractivity contribution in [2.24, 2.45) is 0 Å². The molecule has 0 atom stereocenters. The van der Waals surface area contributed by atoms with E-state index in [1.807, 2.05) is 0 Å². The molecule has 1 fully saturated rings. The van der Waals surface area contributed by atoms with Crippen molar-refractivity contribution in [2.75, 3.05) is 0 Å². The second-order valence-corrected chi connectivity index (χ2v) is 8.38. The number of benzene rings is 3. The average molecular weight is 383 g/mol. The van der Waals surface area contributed by atoms with Crippen LogP contribution in [0.4, 0.5) is 0 Å². The summed E-state index contributed by atoms with van der Waals surface area (Å²) in [6, 6.07) is 17.1. The first-order valence-corrected chi connectivity index (χ1v) is 9.04. The van der Waals surface area contributed by atoms with Gasteiger partial charge in [-0.15, -0.1) is 0 Å². The lowest BCUT2D eigenvalue weighted by Crippen LogP contribution is -2.41. The fourth-order valence-electron chi connectivity index (χ4n) is 3.27. The van der Waals surface area contributed by atoms with Crippen LogP contribution in [0.25, 0.3) is 21.5 Å². The zero-order valence-corrected chi connectivity index (χ0v) is 16.0. The second-order valence-electron chi connectivity index (χ2n) is 7.47. The fraction of sp³-hybridized carbons (Fsp3) is 0.300. The molecule has 0 aliphatic carbocycles. The van der Waals surface area contributed by atoms with Crippen LogP contribution in [0, 0.1) is 0 Å². The maximum absolute atomic E-state index is 6.30. The molecule has 122 valence electrons.